The molecule has 0 aliphatic carbocycles. The molecular formula is C18H21FN2O2. The second-order valence-corrected chi connectivity index (χ2v) is 5.30. The van der Waals surface area contributed by atoms with Gasteiger partial charge in [-0.05, 0) is 36.9 Å². The van der Waals surface area contributed by atoms with E-state index < -0.39 is 0 Å². The predicted molar refractivity (Wildman–Crippen MR) is 87.7 cm³/mol. The monoisotopic (exact) mass is 316 g/mol. The number of benzene rings is 2. The zero-order chi connectivity index (χ0) is 16.5. The van der Waals surface area contributed by atoms with Gasteiger partial charge < -0.3 is 10.1 Å². The van der Waals surface area contributed by atoms with Crippen LogP contribution in [0.2, 0.25) is 0 Å². The average molecular weight is 316 g/mol. The van der Waals surface area contributed by atoms with Crippen molar-refractivity contribution in [2.24, 2.45) is 0 Å². The van der Waals surface area contributed by atoms with Gasteiger partial charge in [-0.1, -0.05) is 30.3 Å². The maximum atomic E-state index is 12.8. The van der Waals surface area contributed by atoms with Crippen molar-refractivity contribution in [2.45, 2.75) is 6.54 Å². The van der Waals surface area contributed by atoms with Crippen LogP contribution in [0.1, 0.15) is 5.56 Å². The average Bonchev–Trinajstić information content (AvgIpc) is 2.56. The van der Waals surface area contributed by atoms with Crippen molar-refractivity contribution >= 4 is 5.91 Å². The Balaban J connectivity index is 1.63. The van der Waals surface area contributed by atoms with E-state index in [4.69, 9.17) is 4.74 Å². The number of carbonyl (C=O) groups excluding carboxylic acids is 1. The third kappa shape index (κ3) is 6.48. The number of halogens is 1. The van der Waals surface area contributed by atoms with Gasteiger partial charge in [-0.15, -0.1) is 0 Å². The maximum absolute atomic E-state index is 12.8. The lowest BCUT2D eigenvalue weighted by atomic mass is 10.2. The number of ether oxygens (including phenoxy) is 1. The van der Waals surface area contributed by atoms with Crippen molar-refractivity contribution < 1.29 is 13.9 Å². The summed E-state index contributed by atoms with van der Waals surface area (Å²) in [7, 11) is 1.86. The molecule has 0 atom stereocenters. The van der Waals surface area contributed by atoms with Crippen molar-refractivity contribution in [3.8, 4) is 5.75 Å². The molecule has 0 fully saturated rings. The molecule has 1 N–H and O–H groups in total. The smallest absolute Gasteiger partial charge is 0.234 e. The van der Waals surface area contributed by atoms with Crippen molar-refractivity contribution in [1.29, 1.82) is 0 Å². The number of rotatable bonds is 8. The van der Waals surface area contributed by atoms with Crippen LogP contribution in [0.15, 0.2) is 54.6 Å². The number of nitrogens with one attached hydrogen (secondary N) is 1. The van der Waals surface area contributed by atoms with Crippen LogP contribution < -0.4 is 10.1 Å². The second kappa shape index (κ2) is 8.90. The van der Waals surface area contributed by atoms with Crippen LogP contribution in [0, 0.1) is 5.82 Å². The fourth-order valence-electron chi connectivity index (χ4n) is 2.03. The minimum Gasteiger partial charge on any atom is -0.492 e. The van der Waals surface area contributed by atoms with E-state index >= 15 is 0 Å². The maximum Gasteiger partial charge on any atom is 0.234 e. The minimum absolute atomic E-state index is 0.0295. The van der Waals surface area contributed by atoms with E-state index in [-0.39, 0.29) is 11.7 Å². The summed E-state index contributed by atoms with van der Waals surface area (Å²) in [6.45, 7) is 1.88. The van der Waals surface area contributed by atoms with Gasteiger partial charge in [-0.2, -0.15) is 0 Å². The van der Waals surface area contributed by atoms with Gasteiger partial charge >= 0.3 is 0 Å². The van der Waals surface area contributed by atoms with E-state index in [0.29, 0.717) is 32.0 Å². The van der Waals surface area contributed by atoms with Gasteiger partial charge in [-0.25, -0.2) is 4.39 Å². The van der Waals surface area contributed by atoms with Crippen LogP contribution >= 0.6 is 0 Å². The number of nitrogens with zero attached hydrogens (tertiary/aromatic N) is 1. The van der Waals surface area contributed by atoms with Gasteiger partial charge in [0.1, 0.15) is 18.2 Å². The van der Waals surface area contributed by atoms with E-state index in [2.05, 4.69) is 5.32 Å². The molecule has 0 saturated carbocycles. The first-order valence-corrected chi connectivity index (χ1v) is 7.51. The largest absolute Gasteiger partial charge is 0.492 e. The molecule has 1 amide bonds. The van der Waals surface area contributed by atoms with Gasteiger partial charge in [0.05, 0.1) is 6.54 Å². The zero-order valence-corrected chi connectivity index (χ0v) is 13.2. The lowest BCUT2D eigenvalue weighted by Gasteiger charge is -2.16. The van der Waals surface area contributed by atoms with Crippen LogP contribution in [-0.2, 0) is 11.3 Å². The summed E-state index contributed by atoms with van der Waals surface area (Å²) in [6, 6.07) is 15.7. The molecule has 4 nitrogen and oxygen atoms in total. The number of hydrogen-bond acceptors (Lipinski definition) is 3. The number of likely N-dealkylation sites (N-methyl/N-ethyl adjacent to an activating group) is 1. The first-order valence-electron chi connectivity index (χ1n) is 7.51. The van der Waals surface area contributed by atoms with Crippen molar-refractivity contribution in [3.05, 3.63) is 66.0 Å². The van der Waals surface area contributed by atoms with Crippen LogP contribution in [0.5, 0.6) is 5.75 Å². The normalized spacial score (nSPS) is 10.6. The van der Waals surface area contributed by atoms with E-state index in [1.807, 2.05) is 42.3 Å². The SMILES string of the molecule is CN(CCOc1ccc(F)cc1)CC(=O)NCc1ccccc1. The van der Waals surface area contributed by atoms with Crippen LogP contribution in [-0.4, -0.2) is 37.6 Å². The van der Waals surface area contributed by atoms with Gasteiger partial charge in [0.15, 0.2) is 0 Å². The van der Waals surface area contributed by atoms with Crippen molar-refractivity contribution in [2.75, 3.05) is 26.7 Å². The van der Waals surface area contributed by atoms with Crippen LogP contribution in [0.3, 0.4) is 0 Å². The van der Waals surface area contributed by atoms with E-state index in [1.165, 1.54) is 12.1 Å². The summed E-state index contributed by atoms with van der Waals surface area (Å²) in [5.74, 6) is 0.302. The molecule has 0 bridgehead atoms. The van der Waals surface area contributed by atoms with Gasteiger partial charge in [0.25, 0.3) is 0 Å². The van der Waals surface area contributed by atoms with Crippen LogP contribution in [0.25, 0.3) is 0 Å². The molecule has 23 heavy (non-hydrogen) atoms. The minimum atomic E-state index is -0.287. The molecular weight excluding hydrogens is 295 g/mol. The third-order valence-corrected chi connectivity index (χ3v) is 3.30. The summed E-state index contributed by atoms with van der Waals surface area (Å²) in [5, 5.41) is 2.88. The molecule has 0 radical (unpaired) electrons. The van der Waals surface area contributed by atoms with Crippen molar-refractivity contribution in [1.82, 2.24) is 10.2 Å². The number of amides is 1. The van der Waals surface area contributed by atoms with Gasteiger partial charge in [0, 0.05) is 13.1 Å². The quantitative estimate of drug-likeness (QED) is 0.813. The Morgan fingerprint density at radius 3 is 2.52 bits per heavy atom. The Morgan fingerprint density at radius 2 is 1.83 bits per heavy atom. The second-order valence-electron chi connectivity index (χ2n) is 5.30. The molecule has 0 unspecified atom stereocenters. The highest BCUT2D eigenvalue weighted by molar-refractivity contribution is 5.77. The highest BCUT2D eigenvalue weighted by Gasteiger charge is 2.06. The molecule has 0 heterocycles. The summed E-state index contributed by atoms with van der Waals surface area (Å²) in [4.78, 5) is 13.7. The highest BCUT2D eigenvalue weighted by Crippen LogP contribution is 2.10. The molecule has 2 rings (SSSR count). The van der Waals surface area contributed by atoms with Gasteiger partial charge in [-0.3, -0.25) is 9.69 Å². The topological polar surface area (TPSA) is 41.6 Å². The Morgan fingerprint density at radius 1 is 1.13 bits per heavy atom. The number of carbonyl (C=O) groups is 1. The first kappa shape index (κ1) is 17.0. The summed E-state index contributed by atoms with van der Waals surface area (Å²) < 4.78 is 18.3. The predicted octanol–water partition coefficient (Wildman–Crippen LogP) is 2.45. The Kier molecular flexibility index (Phi) is 6.56. The fourth-order valence-corrected chi connectivity index (χ4v) is 2.03. The lowest BCUT2D eigenvalue weighted by molar-refractivity contribution is -0.122. The summed E-state index contributed by atoms with van der Waals surface area (Å²) in [5.41, 5.74) is 1.07. The molecule has 0 aliphatic rings. The molecule has 0 spiro atoms. The van der Waals surface area contributed by atoms with E-state index in [0.717, 1.165) is 5.56 Å². The Bertz CT molecular complexity index is 602. The molecule has 0 aromatic heterocycles. The van der Waals surface area contributed by atoms with Gasteiger partial charge in [0.2, 0.25) is 5.91 Å². The first-order chi connectivity index (χ1) is 11.1. The van der Waals surface area contributed by atoms with Crippen molar-refractivity contribution in [3.63, 3.8) is 0 Å². The highest BCUT2D eigenvalue weighted by atomic mass is 19.1. The molecule has 2 aromatic carbocycles. The third-order valence-electron chi connectivity index (χ3n) is 3.30. The molecule has 0 saturated heterocycles. The molecule has 2 aromatic rings. The Hall–Kier alpha value is -2.40. The van der Waals surface area contributed by atoms with Crippen LogP contribution in [0.4, 0.5) is 4.39 Å². The zero-order valence-electron chi connectivity index (χ0n) is 13.2. The fraction of sp³-hybridized carbons (Fsp3) is 0.278. The van der Waals surface area contributed by atoms with E-state index in [9.17, 15) is 9.18 Å². The number of hydrogen-bond donors (Lipinski definition) is 1. The molecule has 0 aliphatic heterocycles. The molecule has 122 valence electrons. The summed E-state index contributed by atoms with van der Waals surface area (Å²) >= 11 is 0. The van der Waals surface area contributed by atoms with E-state index in [1.54, 1.807) is 12.1 Å². The molecule has 5 heteroatoms. The Labute approximate surface area is 135 Å². The lowest BCUT2D eigenvalue weighted by Crippen LogP contribution is -2.36. The summed E-state index contributed by atoms with van der Waals surface area (Å²) in [6.07, 6.45) is 0. The standard InChI is InChI=1S/C18H21FN2O2/c1-21(11-12-23-17-9-7-16(19)8-10-17)14-18(22)20-13-15-5-3-2-4-6-15/h2-10H,11-14H2,1H3,(H,20,22).